The van der Waals surface area contributed by atoms with Crippen molar-refractivity contribution in [3.63, 3.8) is 0 Å². The molecule has 2 aromatic heterocycles. The molecule has 0 spiro atoms. The first kappa shape index (κ1) is 23.7. The lowest BCUT2D eigenvalue weighted by molar-refractivity contribution is 0.0923. The Morgan fingerprint density at radius 2 is 1.86 bits per heavy atom. The third-order valence-corrected chi connectivity index (χ3v) is 6.00. The van der Waals surface area contributed by atoms with Crippen molar-refractivity contribution in [2.24, 2.45) is 0 Å². The van der Waals surface area contributed by atoms with Gasteiger partial charge < -0.3 is 15.4 Å². The highest BCUT2D eigenvalue weighted by Crippen LogP contribution is 2.28. The maximum Gasteiger partial charge on any atom is 0.272 e. The van der Waals surface area contributed by atoms with Crippen LogP contribution in [-0.4, -0.2) is 45.8 Å². The quantitative estimate of drug-likeness (QED) is 0.402. The van der Waals surface area contributed by atoms with Crippen molar-refractivity contribution in [2.75, 3.05) is 18.5 Å². The largest absolute Gasteiger partial charge is 0.379 e. The van der Waals surface area contributed by atoms with Crippen molar-refractivity contribution in [1.29, 1.82) is 0 Å². The van der Waals surface area contributed by atoms with Crippen molar-refractivity contribution in [1.82, 2.24) is 20.1 Å². The van der Waals surface area contributed by atoms with Gasteiger partial charge in [0.2, 0.25) is 0 Å². The predicted molar refractivity (Wildman–Crippen MR) is 133 cm³/mol. The van der Waals surface area contributed by atoms with Crippen molar-refractivity contribution in [3.8, 4) is 16.9 Å². The van der Waals surface area contributed by atoms with Gasteiger partial charge in [-0.3, -0.25) is 14.6 Å². The number of para-hydroxylation sites is 1. The first-order chi connectivity index (χ1) is 17.5. The van der Waals surface area contributed by atoms with Crippen LogP contribution in [0.15, 0.2) is 72.9 Å². The van der Waals surface area contributed by atoms with E-state index in [0.717, 1.165) is 12.5 Å². The molecule has 1 aliphatic heterocycles. The number of anilines is 1. The maximum atomic E-state index is 14.6. The molecule has 2 aromatic carbocycles. The highest BCUT2D eigenvalue weighted by atomic mass is 35.5. The summed E-state index contributed by atoms with van der Waals surface area (Å²) in [6.45, 7) is 1.03. The van der Waals surface area contributed by atoms with E-state index in [4.69, 9.17) is 16.3 Å². The van der Waals surface area contributed by atoms with E-state index in [0.29, 0.717) is 24.6 Å². The fourth-order valence-electron chi connectivity index (χ4n) is 3.88. The summed E-state index contributed by atoms with van der Waals surface area (Å²) in [6, 6.07) is 17.9. The molecule has 1 aliphatic rings. The molecule has 0 aliphatic carbocycles. The summed E-state index contributed by atoms with van der Waals surface area (Å²) in [5.74, 6) is -1.32. The Bertz CT molecular complexity index is 1410. The number of nitrogens with zero attached hydrogens (tertiary/aromatic N) is 3. The van der Waals surface area contributed by atoms with Crippen molar-refractivity contribution < 1.29 is 18.7 Å². The molecule has 0 bridgehead atoms. The standard InChI is InChI=1S/C26H21ClFN5O3/c27-20-13-21(28)19(22-8-4-5-10-29-22)12-18(20)25(34)31-24-14-23(26(35)30-16-9-11-36-15-16)32-33(24)17-6-2-1-3-7-17/h1-8,10,12-14,16H,9,11,15H2,(H,30,35)(H,31,34)/t16-/m1/s1. The van der Waals surface area contributed by atoms with Crippen LogP contribution in [0.2, 0.25) is 5.02 Å². The van der Waals surface area contributed by atoms with Gasteiger partial charge in [-0.1, -0.05) is 35.9 Å². The van der Waals surface area contributed by atoms with Crippen LogP contribution in [0, 0.1) is 5.82 Å². The van der Waals surface area contributed by atoms with Gasteiger partial charge in [-0.25, -0.2) is 9.07 Å². The molecule has 10 heteroatoms. The van der Waals surface area contributed by atoms with Gasteiger partial charge in [-0.05, 0) is 42.8 Å². The van der Waals surface area contributed by atoms with E-state index in [1.165, 1.54) is 23.0 Å². The Hall–Kier alpha value is -4.08. The number of pyridine rings is 1. The van der Waals surface area contributed by atoms with Crippen LogP contribution in [0.5, 0.6) is 0 Å². The zero-order valence-electron chi connectivity index (χ0n) is 18.9. The van der Waals surface area contributed by atoms with Gasteiger partial charge in [0.15, 0.2) is 5.69 Å². The number of ether oxygens (including phenoxy) is 1. The summed E-state index contributed by atoms with van der Waals surface area (Å²) in [7, 11) is 0. The van der Waals surface area contributed by atoms with E-state index in [2.05, 4.69) is 20.7 Å². The third-order valence-electron chi connectivity index (χ3n) is 5.69. The normalized spacial score (nSPS) is 15.0. The molecule has 3 heterocycles. The second-order valence-electron chi connectivity index (χ2n) is 8.18. The number of carbonyl (C=O) groups is 2. The molecule has 36 heavy (non-hydrogen) atoms. The first-order valence-electron chi connectivity index (χ1n) is 11.3. The van der Waals surface area contributed by atoms with Crippen molar-refractivity contribution in [2.45, 2.75) is 12.5 Å². The van der Waals surface area contributed by atoms with Crippen LogP contribution in [-0.2, 0) is 4.74 Å². The minimum atomic E-state index is -0.598. The lowest BCUT2D eigenvalue weighted by Gasteiger charge is -2.11. The van der Waals surface area contributed by atoms with E-state index in [1.807, 2.05) is 18.2 Å². The molecule has 0 radical (unpaired) electrons. The number of amides is 2. The van der Waals surface area contributed by atoms with Crippen LogP contribution in [0.1, 0.15) is 27.3 Å². The van der Waals surface area contributed by atoms with Crippen LogP contribution >= 0.6 is 11.6 Å². The Morgan fingerprint density at radius 3 is 2.58 bits per heavy atom. The fraction of sp³-hybridized carbons (Fsp3) is 0.154. The minimum absolute atomic E-state index is 0.0497. The molecule has 4 aromatic rings. The lowest BCUT2D eigenvalue weighted by atomic mass is 10.1. The summed E-state index contributed by atoms with van der Waals surface area (Å²) >= 11 is 6.24. The second kappa shape index (κ2) is 10.3. The van der Waals surface area contributed by atoms with Gasteiger partial charge in [-0.2, -0.15) is 5.10 Å². The topological polar surface area (TPSA) is 98.1 Å². The Labute approximate surface area is 211 Å². The SMILES string of the molecule is O=C(N[C@@H]1CCOC1)c1cc(NC(=O)c2cc(-c3ccccn3)c(F)cc2Cl)n(-c2ccccc2)n1. The number of rotatable bonds is 6. The summed E-state index contributed by atoms with van der Waals surface area (Å²) < 4.78 is 21.4. The highest BCUT2D eigenvalue weighted by molar-refractivity contribution is 6.34. The number of nitrogens with one attached hydrogen (secondary N) is 2. The van der Waals surface area contributed by atoms with Gasteiger partial charge in [0.1, 0.15) is 11.6 Å². The summed E-state index contributed by atoms with van der Waals surface area (Å²) in [5.41, 5.74) is 1.31. The Morgan fingerprint density at radius 1 is 1.06 bits per heavy atom. The van der Waals surface area contributed by atoms with Crippen molar-refractivity contribution in [3.05, 3.63) is 95.0 Å². The van der Waals surface area contributed by atoms with Crippen LogP contribution in [0.3, 0.4) is 0 Å². The molecule has 2 amide bonds. The van der Waals surface area contributed by atoms with Crippen molar-refractivity contribution >= 4 is 29.2 Å². The van der Waals surface area contributed by atoms with E-state index < -0.39 is 11.7 Å². The zero-order chi connectivity index (χ0) is 25.1. The summed E-state index contributed by atoms with van der Waals surface area (Å²) in [4.78, 5) is 30.3. The number of hydrogen-bond acceptors (Lipinski definition) is 5. The molecule has 0 saturated carbocycles. The molecule has 8 nitrogen and oxygen atoms in total. The van der Waals surface area contributed by atoms with Crippen LogP contribution in [0.4, 0.5) is 10.2 Å². The minimum Gasteiger partial charge on any atom is -0.379 e. The predicted octanol–water partition coefficient (Wildman–Crippen LogP) is 4.50. The number of halogens is 2. The van der Waals surface area contributed by atoms with E-state index >= 15 is 0 Å². The molecular weight excluding hydrogens is 485 g/mol. The number of aromatic nitrogens is 3. The average Bonchev–Trinajstić information content (AvgIpc) is 3.55. The monoisotopic (exact) mass is 505 g/mol. The summed E-state index contributed by atoms with van der Waals surface area (Å²) in [6.07, 6.45) is 2.25. The highest BCUT2D eigenvalue weighted by Gasteiger charge is 2.23. The zero-order valence-corrected chi connectivity index (χ0v) is 19.7. The molecule has 1 fully saturated rings. The van der Waals surface area contributed by atoms with Gasteiger partial charge >= 0.3 is 0 Å². The lowest BCUT2D eigenvalue weighted by Crippen LogP contribution is -2.35. The average molecular weight is 506 g/mol. The molecule has 1 atom stereocenters. The Kier molecular flexibility index (Phi) is 6.75. The van der Waals surface area contributed by atoms with Gasteiger partial charge in [0, 0.05) is 24.4 Å². The van der Waals surface area contributed by atoms with Gasteiger partial charge in [0.05, 0.1) is 34.6 Å². The van der Waals surface area contributed by atoms with E-state index in [9.17, 15) is 14.0 Å². The van der Waals surface area contributed by atoms with Gasteiger partial charge in [0.25, 0.3) is 11.8 Å². The van der Waals surface area contributed by atoms with Crippen LogP contribution in [0.25, 0.3) is 16.9 Å². The second-order valence-corrected chi connectivity index (χ2v) is 8.58. The number of benzene rings is 2. The molecule has 5 rings (SSSR count). The number of hydrogen-bond donors (Lipinski definition) is 2. The molecule has 2 N–H and O–H groups in total. The fourth-order valence-corrected chi connectivity index (χ4v) is 4.12. The summed E-state index contributed by atoms with van der Waals surface area (Å²) in [5, 5.41) is 10.0. The smallest absolute Gasteiger partial charge is 0.272 e. The van der Waals surface area contributed by atoms with Gasteiger partial charge in [-0.15, -0.1) is 0 Å². The third kappa shape index (κ3) is 4.98. The number of carbonyl (C=O) groups excluding carboxylic acids is 2. The maximum absolute atomic E-state index is 14.6. The first-order valence-corrected chi connectivity index (χ1v) is 11.6. The Balaban J connectivity index is 1.47. The molecule has 182 valence electrons. The van der Waals surface area contributed by atoms with E-state index in [-0.39, 0.29) is 39.6 Å². The molecular formula is C26H21ClFN5O3. The molecule has 0 unspecified atom stereocenters. The molecule has 1 saturated heterocycles. The van der Waals surface area contributed by atoms with E-state index in [1.54, 1.807) is 30.3 Å². The van der Waals surface area contributed by atoms with Crippen LogP contribution < -0.4 is 10.6 Å².